The lowest BCUT2D eigenvalue weighted by molar-refractivity contribution is 0.0242. The van der Waals surface area contributed by atoms with E-state index in [0.717, 1.165) is 5.56 Å². The number of hydrogen-bond donors (Lipinski definition) is 3. The molecule has 10 heteroatoms. The number of nitrogens with one attached hydrogen (secondary N) is 2. The van der Waals surface area contributed by atoms with Crippen molar-refractivity contribution in [1.82, 2.24) is 15.5 Å². The fraction of sp³-hybridized carbons (Fsp3) is 0.625. The minimum Gasteiger partial charge on any atom is -0.450 e. The molecule has 10 nitrogen and oxygen atoms in total. The van der Waals surface area contributed by atoms with Gasteiger partial charge in [0.15, 0.2) is 0 Å². The Morgan fingerprint density at radius 3 is 2.12 bits per heavy atom. The number of benzene rings is 1. The monoisotopic (exact) mass is 480 g/mol. The van der Waals surface area contributed by atoms with Gasteiger partial charge in [-0.05, 0) is 58.6 Å². The Morgan fingerprint density at radius 2 is 1.50 bits per heavy atom. The second-order valence-corrected chi connectivity index (χ2v) is 8.72. The van der Waals surface area contributed by atoms with Gasteiger partial charge in [0, 0.05) is 26.2 Å². The third-order valence-electron chi connectivity index (χ3n) is 4.44. The van der Waals surface area contributed by atoms with Gasteiger partial charge in [-0.3, -0.25) is 0 Å². The van der Waals surface area contributed by atoms with Crippen molar-refractivity contribution in [2.75, 3.05) is 39.3 Å². The SMILES string of the molecule is CC(C)(C)OC(=O)N(CCCN)CCCCOC(=O)NCCCNC(=O)OCc1ccccc1. The zero-order chi connectivity index (χ0) is 25.2. The van der Waals surface area contributed by atoms with Crippen LogP contribution in [0.15, 0.2) is 30.3 Å². The molecule has 0 aliphatic carbocycles. The smallest absolute Gasteiger partial charge is 0.410 e. The van der Waals surface area contributed by atoms with Gasteiger partial charge in [0.05, 0.1) is 6.61 Å². The molecule has 1 rings (SSSR count). The van der Waals surface area contributed by atoms with Crippen LogP contribution in [0.3, 0.4) is 0 Å². The predicted molar refractivity (Wildman–Crippen MR) is 129 cm³/mol. The molecular formula is C24H40N4O6. The van der Waals surface area contributed by atoms with Crippen LogP contribution >= 0.6 is 0 Å². The number of unbranched alkanes of at least 4 members (excludes halogenated alkanes) is 1. The minimum atomic E-state index is -0.558. The zero-order valence-corrected chi connectivity index (χ0v) is 20.6. The standard InChI is InChI=1S/C24H40N4O6/c1-24(2,3)34-23(31)28(17-9-13-25)16-7-8-18-32-21(29)26-14-10-15-27-22(30)33-19-20-11-5-4-6-12-20/h4-6,11-12H,7-10,13-19,25H2,1-3H3,(H,26,29)(H,27,30). The lowest BCUT2D eigenvalue weighted by Crippen LogP contribution is -2.38. The van der Waals surface area contributed by atoms with E-state index in [9.17, 15) is 14.4 Å². The Morgan fingerprint density at radius 1 is 0.882 bits per heavy atom. The molecule has 0 aromatic heterocycles. The Balaban J connectivity index is 2.08. The molecule has 0 aliphatic rings. The zero-order valence-electron chi connectivity index (χ0n) is 20.6. The Hall–Kier alpha value is -3.01. The van der Waals surface area contributed by atoms with Gasteiger partial charge in [-0.15, -0.1) is 0 Å². The normalized spacial score (nSPS) is 10.8. The lowest BCUT2D eigenvalue weighted by Gasteiger charge is -2.27. The second kappa shape index (κ2) is 16.6. The molecular weight excluding hydrogens is 440 g/mol. The highest BCUT2D eigenvalue weighted by molar-refractivity contribution is 5.68. The second-order valence-electron chi connectivity index (χ2n) is 8.72. The molecule has 4 N–H and O–H groups in total. The molecule has 3 amide bonds. The molecule has 0 radical (unpaired) electrons. The summed E-state index contributed by atoms with van der Waals surface area (Å²) >= 11 is 0. The van der Waals surface area contributed by atoms with Crippen molar-refractivity contribution < 1.29 is 28.6 Å². The summed E-state index contributed by atoms with van der Waals surface area (Å²) in [7, 11) is 0. The maximum atomic E-state index is 12.3. The molecule has 192 valence electrons. The first-order chi connectivity index (χ1) is 16.2. The molecule has 0 saturated heterocycles. The molecule has 1 aromatic rings. The van der Waals surface area contributed by atoms with E-state index in [1.54, 1.807) is 4.90 Å². The highest BCUT2D eigenvalue weighted by Gasteiger charge is 2.21. The van der Waals surface area contributed by atoms with Crippen LogP contribution in [0.4, 0.5) is 14.4 Å². The average Bonchev–Trinajstić information content (AvgIpc) is 2.78. The first kappa shape index (κ1) is 29.0. The van der Waals surface area contributed by atoms with E-state index in [4.69, 9.17) is 19.9 Å². The van der Waals surface area contributed by atoms with Crippen LogP contribution < -0.4 is 16.4 Å². The maximum absolute atomic E-state index is 12.3. The minimum absolute atomic E-state index is 0.208. The van der Waals surface area contributed by atoms with Crippen molar-refractivity contribution >= 4 is 18.3 Å². The number of nitrogens with zero attached hydrogens (tertiary/aromatic N) is 1. The number of alkyl carbamates (subject to hydrolysis) is 2. The molecule has 0 fully saturated rings. The summed E-state index contributed by atoms with van der Waals surface area (Å²) in [5.74, 6) is 0. The molecule has 0 heterocycles. The molecule has 1 aromatic carbocycles. The fourth-order valence-electron chi connectivity index (χ4n) is 2.77. The number of ether oxygens (including phenoxy) is 3. The van der Waals surface area contributed by atoms with Gasteiger partial charge in [-0.25, -0.2) is 14.4 Å². The molecule has 0 atom stereocenters. The third kappa shape index (κ3) is 14.9. The first-order valence-corrected chi connectivity index (χ1v) is 11.7. The van der Waals surface area contributed by atoms with Gasteiger partial charge in [0.25, 0.3) is 0 Å². The van der Waals surface area contributed by atoms with Crippen LogP contribution in [0.1, 0.15) is 52.0 Å². The van der Waals surface area contributed by atoms with Crippen LogP contribution in [-0.4, -0.2) is 68.1 Å². The first-order valence-electron chi connectivity index (χ1n) is 11.7. The van der Waals surface area contributed by atoms with Crippen LogP contribution in [-0.2, 0) is 20.8 Å². The van der Waals surface area contributed by atoms with E-state index < -0.39 is 17.8 Å². The van der Waals surface area contributed by atoms with Crippen molar-refractivity contribution in [3.05, 3.63) is 35.9 Å². The summed E-state index contributed by atoms with van der Waals surface area (Å²) in [6, 6.07) is 9.41. The van der Waals surface area contributed by atoms with E-state index in [0.29, 0.717) is 58.4 Å². The van der Waals surface area contributed by atoms with Crippen LogP contribution in [0, 0.1) is 0 Å². The lowest BCUT2D eigenvalue weighted by atomic mass is 10.2. The quantitative estimate of drug-likeness (QED) is 0.275. The number of rotatable bonds is 14. The van der Waals surface area contributed by atoms with Gasteiger partial charge in [0.1, 0.15) is 12.2 Å². The Kier molecular flexibility index (Phi) is 14.2. The molecule has 34 heavy (non-hydrogen) atoms. The summed E-state index contributed by atoms with van der Waals surface area (Å²) in [5, 5.41) is 5.27. The summed E-state index contributed by atoms with van der Waals surface area (Å²) in [6.45, 7) is 8.19. The maximum Gasteiger partial charge on any atom is 0.410 e. The van der Waals surface area contributed by atoms with E-state index in [1.807, 2.05) is 51.1 Å². The summed E-state index contributed by atoms with van der Waals surface area (Å²) in [5.41, 5.74) is 5.91. The number of carbonyl (C=O) groups is 3. The topological polar surface area (TPSA) is 132 Å². The highest BCUT2D eigenvalue weighted by atomic mass is 16.6. The van der Waals surface area contributed by atoms with E-state index in [2.05, 4.69) is 10.6 Å². The number of nitrogens with two attached hydrogens (primary N) is 1. The largest absolute Gasteiger partial charge is 0.450 e. The van der Waals surface area contributed by atoms with Gasteiger partial charge in [-0.2, -0.15) is 0 Å². The van der Waals surface area contributed by atoms with Gasteiger partial charge < -0.3 is 35.5 Å². The molecule has 0 spiro atoms. The van der Waals surface area contributed by atoms with Crippen LogP contribution in [0.2, 0.25) is 0 Å². The van der Waals surface area contributed by atoms with Crippen LogP contribution in [0.5, 0.6) is 0 Å². The van der Waals surface area contributed by atoms with Crippen molar-refractivity contribution in [2.24, 2.45) is 5.73 Å². The summed E-state index contributed by atoms with van der Waals surface area (Å²) < 4.78 is 15.7. The van der Waals surface area contributed by atoms with Crippen molar-refractivity contribution in [2.45, 2.75) is 58.7 Å². The fourth-order valence-corrected chi connectivity index (χ4v) is 2.77. The van der Waals surface area contributed by atoms with Crippen molar-refractivity contribution in [1.29, 1.82) is 0 Å². The van der Waals surface area contributed by atoms with E-state index in [-0.39, 0.29) is 19.3 Å². The van der Waals surface area contributed by atoms with Crippen molar-refractivity contribution in [3.8, 4) is 0 Å². The van der Waals surface area contributed by atoms with Gasteiger partial charge >= 0.3 is 18.3 Å². The van der Waals surface area contributed by atoms with E-state index in [1.165, 1.54) is 0 Å². The summed E-state index contributed by atoms with van der Waals surface area (Å²) in [6.07, 6.45) is 1.14. The number of amides is 3. The molecule has 0 unspecified atom stereocenters. The van der Waals surface area contributed by atoms with Crippen molar-refractivity contribution in [3.63, 3.8) is 0 Å². The van der Waals surface area contributed by atoms with Gasteiger partial charge in [0.2, 0.25) is 0 Å². The summed E-state index contributed by atoms with van der Waals surface area (Å²) in [4.78, 5) is 37.3. The molecule has 0 bridgehead atoms. The molecule has 0 saturated carbocycles. The van der Waals surface area contributed by atoms with E-state index >= 15 is 0 Å². The predicted octanol–water partition coefficient (Wildman–Crippen LogP) is 3.40. The number of hydrogen-bond acceptors (Lipinski definition) is 7. The van der Waals surface area contributed by atoms with Gasteiger partial charge in [-0.1, -0.05) is 30.3 Å². The third-order valence-corrected chi connectivity index (χ3v) is 4.44. The Bertz CT molecular complexity index is 724. The average molecular weight is 481 g/mol. The highest BCUT2D eigenvalue weighted by Crippen LogP contribution is 2.11. The number of carbonyl (C=O) groups excluding carboxylic acids is 3. The van der Waals surface area contributed by atoms with Crippen LogP contribution in [0.25, 0.3) is 0 Å². The molecule has 0 aliphatic heterocycles. The Labute approximate surface area is 202 Å².